The van der Waals surface area contributed by atoms with Crippen LogP contribution in [0.2, 0.25) is 0 Å². The van der Waals surface area contributed by atoms with E-state index in [1.54, 1.807) is 6.92 Å². The SMILES string of the molecule is CC(=O)N1CCNCC1.CCC(C)CC. The third kappa shape index (κ3) is 7.37. The van der Waals surface area contributed by atoms with Crippen molar-refractivity contribution < 1.29 is 4.79 Å². The van der Waals surface area contributed by atoms with Crippen molar-refractivity contribution in [1.82, 2.24) is 10.2 Å². The molecule has 15 heavy (non-hydrogen) atoms. The highest BCUT2D eigenvalue weighted by Gasteiger charge is 2.10. The highest BCUT2D eigenvalue weighted by Crippen LogP contribution is 2.02. The lowest BCUT2D eigenvalue weighted by Gasteiger charge is -2.25. The third-order valence-corrected chi connectivity index (χ3v) is 2.96. The van der Waals surface area contributed by atoms with Crippen LogP contribution in [0.1, 0.15) is 40.5 Å². The molecule has 0 bridgehead atoms. The molecular weight excluding hydrogens is 188 g/mol. The zero-order chi connectivity index (χ0) is 11.7. The van der Waals surface area contributed by atoms with Crippen LogP contribution in [0.15, 0.2) is 0 Å². The molecule has 1 heterocycles. The maximum atomic E-state index is 10.7. The van der Waals surface area contributed by atoms with Crippen molar-refractivity contribution >= 4 is 5.91 Å². The fourth-order valence-corrected chi connectivity index (χ4v) is 1.27. The lowest BCUT2D eigenvalue weighted by atomic mass is 10.1. The van der Waals surface area contributed by atoms with E-state index in [2.05, 4.69) is 26.1 Å². The van der Waals surface area contributed by atoms with Crippen LogP contribution in [0.5, 0.6) is 0 Å². The molecule has 0 saturated carbocycles. The highest BCUT2D eigenvalue weighted by molar-refractivity contribution is 5.73. The lowest BCUT2D eigenvalue weighted by molar-refractivity contribution is -0.129. The van der Waals surface area contributed by atoms with Gasteiger partial charge in [0, 0.05) is 33.1 Å². The standard InChI is InChI=1S/C6H12N2O.C6H14/c1-6(9)8-4-2-7-3-5-8;1-4-6(3)5-2/h7H,2-5H2,1H3;6H,4-5H2,1-3H3. The Balaban J connectivity index is 0.000000288. The van der Waals surface area contributed by atoms with Gasteiger partial charge in [0.05, 0.1) is 0 Å². The normalized spacial score (nSPS) is 15.9. The van der Waals surface area contributed by atoms with Gasteiger partial charge in [-0.3, -0.25) is 4.79 Å². The molecule has 3 heteroatoms. The number of carbonyl (C=O) groups is 1. The Morgan fingerprint density at radius 3 is 1.93 bits per heavy atom. The first-order valence-corrected chi connectivity index (χ1v) is 6.08. The molecule has 0 aromatic rings. The average Bonchev–Trinajstić information content (AvgIpc) is 2.30. The van der Waals surface area contributed by atoms with Crippen molar-refractivity contribution in [2.45, 2.75) is 40.5 Å². The van der Waals surface area contributed by atoms with E-state index in [9.17, 15) is 4.79 Å². The van der Waals surface area contributed by atoms with E-state index in [0.717, 1.165) is 32.1 Å². The first-order valence-electron chi connectivity index (χ1n) is 6.08. The van der Waals surface area contributed by atoms with Crippen molar-refractivity contribution in [2.24, 2.45) is 5.92 Å². The van der Waals surface area contributed by atoms with Crippen molar-refractivity contribution in [3.63, 3.8) is 0 Å². The van der Waals surface area contributed by atoms with Gasteiger partial charge in [-0.2, -0.15) is 0 Å². The molecule has 0 radical (unpaired) electrons. The Morgan fingerprint density at radius 2 is 1.73 bits per heavy atom. The minimum atomic E-state index is 0.191. The monoisotopic (exact) mass is 214 g/mol. The Labute approximate surface area is 94.2 Å². The molecule has 1 aliphatic heterocycles. The van der Waals surface area contributed by atoms with Crippen LogP contribution in [0.25, 0.3) is 0 Å². The highest BCUT2D eigenvalue weighted by atomic mass is 16.2. The Morgan fingerprint density at radius 1 is 1.27 bits per heavy atom. The van der Waals surface area contributed by atoms with Crippen molar-refractivity contribution in [3.8, 4) is 0 Å². The van der Waals surface area contributed by atoms with Gasteiger partial charge < -0.3 is 10.2 Å². The predicted molar refractivity (Wildman–Crippen MR) is 64.9 cm³/mol. The molecule has 1 aliphatic rings. The van der Waals surface area contributed by atoms with Gasteiger partial charge in [0.15, 0.2) is 0 Å². The zero-order valence-corrected chi connectivity index (χ0v) is 10.7. The van der Waals surface area contributed by atoms with Gasteiger partial charge in [0.1, 0.15) is 0 Å². The maximum Gasteiger partial charge on any atom is 0.219 e. The van der Waals surface area contributed by atoms with Crippen LogP contribution in [0, 0.1) is 5.92 Å². The molecule has 0 aliphatic carbocycles. The molecule has 0 aromatic heterocycles. The number of nitrogens with zero attached hydrogens (tertiary/aromatic N) is 1. The molecule has 3 nitrogen and oxygen atoms in total. The molecule has 1 amide bonds. The number of nitrogens with one attached hydrogen (secondary N) is 1. The van der Waals surface area contributed by atoms with Gasteiger partial charge in [-0.15, -0.1) is 0 Å². The second-order valence-electron chi connectivity index (χ2n) is 4.18. The number of hydrogen-bond acceptors (Lipinski definition) is 2. The lowest BCUT2D eigenvalue weighted by Crippen LogP contribution is -2.45. The molecule has 0 aromatic carbocycles. The molecular formula is C12H26N2O. The summed E-state index contributed by atoms with van der Waals surface area (Å²) in [7, 11) is 0. The number of piperazine rings is 1. The van der Waals surface area contributed by atoms with E-state index in [4.69, 9.17) is 0 Å². The van der Waals surface area contributed by atoms with Crippen LogP contribution >= 0.6 is 0 Å². The van der Waals surface area contributed by atoms with Crippen LogP contribution in [-0.2, 0) is 4.79 Å². The molecule has 0 atom stereocenters. The molecule has 0 spiro atoms. The molecule has 90 valence electrons. The number of rotatable bonds is 2. The minimum Gasteiger partial charge on any atom is -0.340 e. The van der Waals surface area contributed by atoms with E-state index in [1.165, 1.54) is 12.8 Å². The fourth-order valence-electron chi connectivity index (χ4n) is 1.27. The smallest absolute Gasteiger partial charge is 0.219 e. The summed E-state index contributed by atoms with van der Waals surface area (Å²) in [6.45, 7) is 12.0. The van der Waals surface area contributed by atoms with E-state index in [0.29, 0.717) is 0 Å². The zero-order valence-electron chi connectivity index (χ0n) is 10.7. The number of carbonyl (C=O) groups excluding carboxylic acids is 1. The molecule has 0 unspecified atom stereocenters. The van der Waals surface area contributed by atoms with Crippen LogP contribution < -0.4 is 5.32 Å². The largest absolute Gasteiger partial charge is 0.340 e. The van der Waals surface area contributed by atoms with Gasteiger partial charge in [0.25, 0.3) is 0 Å². The second kappa shape index (κ2) is 8.72. The first kappa shape index (κ1) is 14.4. The Kier molecular flexibility index (Phi) is 8.38. The second-order valence-corrected chi connectivity index (χ2v) is 4.18. The Hall–Kier alpha value is -0.570. The topological polar surface area (TPSA) is 32.3 Å². The average molecular weight is 214 g/mol. The van der Waals surface area contributed by atoms with Gasteiger partial charge in [-0.05, 0) is 5.92 Å². The Bertz CT molecular complexity index is 161. The van der Waals surface area contributed by atoms with Crippen molar-refractivity contribution in [2.75, 3.05) is 26.2 Å². The molecule has 1 saturated heterocycles. The number of amides is 1. The van der Waals surface area contributed by atoms with Crippen molar-refractivity contribution in [3.05, 3.63) is 0 Å². The summed E-state index contributed by atoms with van der Waals surface area (Å²) in [5.74, 6) is 1.13. The number of hydrogen-bond donors (Lipinski definition) is 1. The van der Waals surface area contributed by atoms with Crippen LogP contribution in [-0.4, -0.2) is 37.0 Å². The summed E-state index contributed by atoms with van der Waals surface area (Å²) in [5.41, 5.74) is 0. The van der Waals surface area contributed by atoms with Gasteiger partial charge in [-0.1, -0.05) is 33.6 Å². The third-order valence-electron chi connectivity index (χ3n) is 2.96. The molecule has 1 fully saturated rings. The summed E-state index contributed by atoms with van der Waals surface area (Å²) >= 11 is 0. The van der Waals surface area contributed by atoms with Gasteiger partial charge >= 0.3 is 0 Å². The van der Waals surface area contributed by atoms with Gasteiger partial charge in [-0.25, -0.2) is 0 Å². The van der Waals surface area contributed by atoms with E-state index in [1.807, 2.05) is 4.90 Å². The minimum absolute atomic E-state index is 0.191. The maximum absolute atomic E-state index is 10.7. The van der Waals surface area contributed by atoms with Crippen molar-refractivity contribution in [1.29, 1.82) is 0 Å². The summed E-state index contributed by atoms with van der Waals surface area (Å²) in [4.78, 5) is 12.6. The predicted octanol–water partition coefficient (Wildman–Crippen LogP) is 1.88. The van der Waals surface area contributed by atoms with Gasteiger partial charge in [0.2, 0.25) is 5.91 Å². The quantitative estimate of drug-likeness (QED) is 0.761. The van der Waals surface area contributed by atoms with E-state index >= 15 is 0 Å². The summed E-state index contributed by atoms with van der Waals surface area (Å²) in [5, 5.41) is 3.18. The molecule has 1 rings (SSSR count). The fraction of sp³-hybridized carbons (Fsp3) is 0.917. The van der Waals surface area contributed by atoms with E-state index < -0.39 is 0 Å². The summed E-state index contributed by atoms with van der Waals surface area (Å²) in [6, 6.07) is 0. The summed E-state index contributed by atoms with van der Waals surface area (Å²) < 4.78 is 0. The van der Waals surface area contributed by atoms with Crippen LogP contribution in [0.3, 0.4) is 0 Å². The summed E-state index contributed by atoms with van der Waals surface area (Å²) in [6.07, 6.45) is 2.66. The molecule has 1 N–H and O–H groups in total. The van der Waals surface area contributed by atoms with Crippen LogP contribution in [0.4, 0.5) is 0 Å². The first-order chi connectivity index (χ1) is 7.11. The van der Waals surface area contributed by atoms with E-state index in [-0.39, 0.29) is 5.91 Å².